The van der Waals surface area contributed by atoms with Gasteiger partial charge in [-0.2, -0.15) is 0 Å². The fourth-order valence-electron chi connectivity index (χ4n) is 3.40. The number of rotatable bonds is 1. The molecule has 0 N–H and O–H groups in total. The maximum absolute atomic E-state index is 14.8. The summed E-state index contributed by atoms with van der Waals surface area (Å²) < 4.78 is 43.2. The van der Waals surface area contributed by atoms with Gasteiger partial charge in [0.15, 0.2) is 17.2 Å². The molecule has 0 saturated carbocycles. The standard InChI is InChI=1S/C16H10BBrF2N2O2/c18-11-8-15-14(23-9-24-15)7-10(11)16-12-3-1-5-21(12)17(19,20)22-6-2-4-13(16)22/h1-8H,9H2. The van der Waals surface area contributed by atoms with Crippen LogP contribution in [0.25, 0.3) is 5.57 Å². The number of aromatic nitrogens is 1. The molecule has 8 heteroatoms. The van der Waals surface area contributed by atoms with Crippen LogP contribution >= 0.6 is 15.9 Å². The van der Waals surface area contributed by atoms with E-state index in [1.807, 2.05) is 12.1 Å². The first-order valence-corrected chi connectivity index (χ1v) is 8.20. The lowest BCUT2D eigenvalue weighted by Gasteiger charge is -2.31. The van der Waals surface area contributed by atoms with Gasteiger partial charge in [-0.1, -0.05) is 15.9 Å². The van der Waals surface area contributed by atoms with Crippen molar-refractivity contribution in [2.75, 3.05) is 6.79 Å². The van der Waals surface area contributed by atoms with Crippen LogP contribution in [-0.4, -0.2) is 28.9 Å². The van der Waals surface area contributed by atoms with Crippen LogP contribution in [0, 0.1) is 0 Å². The van der Waals surface area contributed by atoms with Gasteiger partial charge in [-0.3, -0.25) is 0 Å². The van der Waals surface area contributed by atoms with E-state index in [0.29, 0.717) is 22.9 Å². The normalized spacial score (nSPS) is 19.4. The van der Waals surface area contributed by atoms with Crippen molar-refractivity contribution in [3.63, 3.8) is 0 Å². The van der Waals surface area contributed by atoms with Crippen molar-refractivity contribution in [3.8, 4) is 11.5 Å². The van der Waals surface area contributed by atoms with E-state index < -0.39 is 6.97 Å². The SMILES string of the molecule is F[B-]1(F)n2cccc2C(c2cc3c(cc2Br)OCO3)=C2C=CC=[N+]21. The molecule has 120 valence electrons. The molecule has 1 aromatic heterocycles. The first-order chi connectivity index (χ1) is 11.6. The molecule has 0 aliphatic carbocycles. The van der Waals surface area contributed by atoms with Crippen molar-refractivity contribution in [2.24, 2.45) is 0 Å². The fourth-order valence-corrected chi connectivity index (χ4v) is 3.92. The van der Waals surface area contributed by atoms with E-state index in [-0.39, 0.29) is 6.79 Å². The molecule has 0 atom stereocenters. The molecule has 3 aliphatic heterocycles. The number of nitrogens with zero attached hydrogens (tertiary/aromatic N) is 2. The van der Waals surface area contributed by atoms with Gasteiger partial charge in [0.2, 0.25) is 6.79 Å². The number of halogens is 3. The second-order valence-electron chi connectivity index (χ2n) is 5.75. The van der Waals surface area contributed by atoms with Crippen LogP contribution in [0.5, 0.6) is 11.5 Å². The van der Waals surface area contributed by atoms with E-state index in [1.165, 1.54) is 12.4 Å². The third-order valence-electron chi connectivity index (χ3n) is 4.47. The highest BCUT2D eigenvalue weighted by molar-refractivity contribution is 9.10. The van der Waals surface area contributed by atoms with Crippen LogP contribution in [0.4, 0.5) is 8.63 Å². The largest absolute Gasteiger partial charge is 0.737 e. The summed E-state index contributed by atoms with van der Waals surface area (Å²) in [5.74, 6) is 1.25. The molecule has 0 saturated heterocycles. The number of allylic oxidation sites excluding steroid dienone is 2. The van der Waals surface area contributed by atoms with Crippen molar-refractivity contribution in [1.29, 1.82) is 0 Å². The smallest absolute Gasteiger partial charge is 0.454 e. The Morgan fingerprint density at radius 1 is 1.21 bits per heavy atom. The fraction of sp³-hybridized carbons (Fsp3) is 0.0625. The molecule has 0 fully saturated rings. The van der Waals surface area contributed by atoms with E-state index in [1.54, 1.807) is 24.3 Å². The lowest BCUT2D eigenvalue weighted by Crippen LogP contribution is -2.49. The highest BCUT2D eigenvalue weighted by atomic mass is 79.9. The number of ether oxygens (including phenoxy) is 2. The van der Waals surface area contributed by atoms with Crippen LogP contribution in [0.15, 0.2) is 52.8 Å². The zero-order chi connectivity index (χ0) is 16.5. The minimum atomic E-state index is -3.89. The Labute approximate surface area is 144 Å². The zero-order valence-corrected chi connectivity index (χ0v) is 13.8. The summed E-state index contributed by atoms with van der Waals surface area (Å²) in [4.78, 5) is 0. The Balaban J connectivity index is 1.83. The lowest BCUT2D eigenvalue weighted by molar-refractivity contribution is -0.356. The molecular formula is C16H10BBrF2N2O2. The average molecular weight is 391 g/mol. The predicted molar refractivity (Wildman–Crippen MR) is 89.6 cm³/mol. The van der Waals surface area contributed by atoms with Crippen LogP contribution in [0.2, 0.25) is 0 Å². The monoisotopic (exact) mass is 390 g/mol. The molecule has 0 radical (unpaired) electrons. The van der Waals surface area contributed by atoms with Gasteiger partial charge in [-0.05, 0) is 30.5 Å². The summed E-state index contributed by atoms with van der Waals surface area (Å²) in [6.07, 6.45) is 6.18. The van der Waals surface area contributed by atoms with Crippen LogP contribution in [-0.2, 0) is 0 Å². The van der Waals surface area contributed by atoms with Crippen molar-refractivity contribution >= 4 is 34.7 Å². The molecule has 0 unspecified atom stereocenters. The first-order valence-electron chi connectivity index (χ1n) is 7.41. The van der Waals surface area contributed by atoms with Crippen molar-refractivity contribution in [3.05, 3.63) is 64.0 Å². The van der Waals surface area contributed by atoms with E-state index in [2.05, 4.69) is 15.9 Å². The van der Waals surface area contributed by atoms with Crippen LogP contribution in [0.1, 0.15) is 11.3 Å². The highest BCUT2D eigenvalue weighted by Gasteiger charge is 2.51. The Kier molecular flexibility index (Phi) is 2.69. The summed E-state index contributed by atoms with van der Waals surface area (Å²) in [5.41, 5.74) is 2.46. The highest BCUT2D eigenvalue weighted by Crippen LogP contribution is 2.45. The summed E-state index contributed by atoms with van der Waals surface area (Å²) in [7, 11) is 0. The third kappa shape index (κ3) is 1.69. The number of benzene rings is 1. The van der Waals surface area contributed by atoms with Crippen molar-refractivity contribution in [1.82, 2.24) is 4.48 Å². The molecule has 2 aromatic rings. The molecule has 24 heavy (non-hydrogen) atoms. The number of fused-ring (bicyclic) bond motifs is 3. The molecule has 4 nitrogen and oxygen atoms in total. The van der Waals surface area contributed by atoms with Gasteiger partial charge in [0, 0.05) is 27.9 Å². The topological polar surface area (TPSA) is 26.4 Å². The minimum Gasteiger partial charge on any atom is -0.454 e. The number of hydrogen-bond acceptors (Lipinski definition) is 2. The predicted octanol–water partition coefficient (Wildman–Crippen LogP) is 3.63. The second-order valence-corrected chi connectivity index (χ2v) is 6.60. The van der Waals surface area contributed by atoms with Gasteiger partial charge in [0.1, 0.15) is 6.21 Å². The van der Waals surface area contributed by atoms with Crippen molar-refractivity contribution in [2.45, 2.75) is 0 Å². The molecule has 0 bridgehead atoms. The Morgan fingerprint density at radius 3 is 2.83 bits per heavy atom. The van der Waals surface area contributed by atoms with E-state index in [9.17, 15) is 8.63 Å². The molecule has 5 rings (SSSR count). The average Bonchev–Trinajstić information content (AvgIpc) is 3.27. The van der Waals surface area contributed by atoms with Gasteiger partial charge < -0.3 is 27.1 Å². The molecule has 1 aromatic carbocycles. The van der Waals surface area contributed by atoms with Crippen molar-refractivity contribution < 1.29 is 22.6 Å². The zero-order valence-electron chi connectivity index (χ0n) is 12.2. The number of hydrogen-bond donors (Lipinski definition) is 0. The van der Waals surface area contributed by atoms with Gasteiger partial charge in [-0.25, -0.2) is 0 Å². The van der Waals surface area contributed by atoms with Gasteiger partial charge in [-0.15, -0.1) is 0 Å². The molecule has 3 aliphatic rings. The van der Waals surface area contributed by atoms with Crippen LogP contribution < -0.4 is 9.47 Å². The Morgan fingerprint density at radius 2 is 2.00 bits per heavy atom. The molecule has 0 amide bonds. The van der Waals surface area contributed by atoms with Gasteiger partial charge in [0.25, 0.3) is 0 Å². The second kappa shape index (κ2) is 4.60. The minimum absolute atomic E-state index is 0.161. The summed E-state index contributed by atoms with van der Waals surface area (Å²) in [6.45, 7) is -3.73. The van der Waals surface area contributed by atoms with E-state index in [4.69, 9.17) is 9.47 Å². The van der Waals surface area contributed by atoms with Gasteiger partial charge in [0.05, 0.1) is 5.57 Å². The maximum Gasteiger partial charge on any atom is 0.737 e. The summed E-state index contributed by atoms with van der Waals surface area (Å²) >= 11 is 3.54. The first kappa shape index (κ1) is 14.0. The molecule has 0 spiro atoms. The lowest BCUT2D eigenvalue weighted by atomic mass is 9.86. The Hall–Kier alpha value is -2.35. The van der Waals surface area contributed by atoms with E-state index >= 15 is 0 Å². The quantitative estimate of drug-likeness (QED) is 0.695. The summed E-state index contributed by atoms with van der Waals surface area (Å²) in [6, 6.07) is 6.98. The van der Waals surface area contributed by atoms with Gasteiger partial charge >= 0.3 is 6.97 Å². The summed E-state index contributed by atoms with van der Waals surface area (Å²) in [5, 5.41) is 0. The Bertz CT molecular complexity index is 994. The molecule has 4 heterocycles. The maximum atomic E-state index is 14.8. The van der Waals surface area contributed by atoms with E-state index in [0.717, 1.165) is 24.6 Å². The molecular weight excluding hydrogens is 381 g/mol. The third-order valence-corrected chi connectivity index (χ3v) is 5.13. The van der Waals surface area contributed by atoms with Crippen LogP contribution in [0.3, 0.4) is 0 Å².